The van der Waals surface area contributed by atoms with E-state index in [9.17, 15) is 4.39 Å². The Morgan fingerprint density at radius 3 is 2.79 bits per heavy atom. The number of hydrogen-bond donors (Lipinski definition) is 2. The Balaban J connectivity index is 2.82. The molecular weight excluding hydrogens is 181 g/mol. The Labute approximate surface area is 82.6 Å². The first-order valence-corrected chi connectivity index (χ1v) is 4.36. The second kappa shape index (κ2) is 5.38. The lowest BCUT2D eigenvalue weighted by molar-refractivity contribution is 0.305. The summed E-state index contributed by atoms with van der Waals surface area (Å²) >= 11 is 0. The monoisotopic (exact) mass is 193 g/mol. The molecule has 0 saturated carbocycles. The summed E-state index contributed by atoms with van der Waals surface area (Å²) < 4.78 is 13.2. The third kappa shape index (κ3) is 2.84. The lowest BCUT2D eigenvalue weighted by atomic mass is 10.1. The summed E-state index contributed by atoms with van der Waals surface area (Å²) in [5.74, 6) is 5.13. The van der Waals surface area contributed by atoms with E-state index >= 15 is 0 Å². The van der Waals surface area contributed by atoms with Crippen molar-refractivity contribution in [1.82, 2.24) is 0 Å². The third-order valence-corrected chi connectivity index (χ3v) is 1.74. The summed E-state index contributed by atoms with van der Waals surface area (Å²) in [4.78, 5) is 0. The molecule has 74 valence electrons. The molecule has 0 aliphatic rings. The van der Waals surface area contributed by atoms with E-state index in [0.29, 0.717) is 17.5 Å². The van der Waals surface area contributed by atoms with Crippen molar-refractivity contribution >= 4 is 0 Å². The maximum atomic E-state index is 13.2. The molecule has 0 amide bonds. The van der Waals surface area contributed by atoms with Crippen molar-refractivity contribution in [2.24, 2.45) is 5.73 Å². The third-order valence-electron chi connectivity index (χ3n) is 1.74. The highest BCUT2D eigenvalue weighted by Gasteiger charge is 1.99. The van der Waals surface area contributed by atoms with Crippen LogP contribution in [0.25, 0.3) is 0 Å². The summed E-state index contributed by atoms with van der Waals surface area (Å²) in [6.07, 6.45) is 0.403. The first kappa shape index (κ1) is 10.7. The van der Waals surface area contributed by atoms with Gasteiger partial charge in [0.1, 0.15) is 5.82 Å². The Kier molecular flexibility index (Phi) is 4.11. The molecule has 0 fully saturated rings. The molecule has 1 rings (SSSR count). The van der Waals surface area contributed by atoms with E-state index in [1.165, 1.54) is 6.07 Å². The molecule has 0 atom stereocenters. The largest absolute Gasteiger partial charge is 0.395 e. The van der Waals surface area contributed by atoms with Gasteiger partial charge in [-0.1, -0.05) is 17.9 Å². The Bertz CT molecular complexity index is 365. The highest BCUT2D eigenvalue weighted by Crippen LogP contribution is 2.08. The zero-order valence-electron chi connectivity index (χ0n) is 7.76. The first-order valence-electron chi connectivity index (χ1n) is 4.36. The normalized spacial score (nSPS) is 9.36. The van der Waals surface area contributed by atoms with E-state index in [1.807, 2.05) is 0 Å². The minimum absolute atomic E-state index is 0.0242. The minimum atomic E-state index is -0.330. The van der Waals surface area contributed by atoms with Crippen LogP contribution in [0.4, 0.5) is 4.39 Å². The van der Waals surface area contributed by atoms with Crippen molar-refractivity contribution < 1.29 is 9.50 Å². The van der Waals surface area contributed by atoms with Gasteiger partial charge in [-0.25, -0.2) is 4.39 Å². The average molecular weight is 193 g/mol. The highest BCUT2D eigenvalue weighted by atomic mass is 19.1. The maximum Gasteiger partial charge on any atom is 0.128 e. The number of hydrogen-bond acceptors (Lipinski definition) is 2. The van der Waals surface area contributed by atoms with E-state index in [1.54, 1.807) is 12.1 Å². The van der Waals surface area contributed by atoms with Crippen LogP contribution in [0.2, 0.25) is 0 Å². The van der Waals surface area contributed by atoms with Crippen LogP contribution in [0.15, 0.2) is 18.2 Å². The topological polar surface area (TPSA) is 46.2 Å². The fourth-order valence-electron chi connectivity index (χ4n) is 1.01. The molecule has 0 radical (unpaired) electrons. The SMILES string of the molecule is NCc1ccc(C#CCCO)cc1F. The van der Waals surface area contributed by atoms with E-state index < -0.39 is 0 Å². The molecule has 0 aromatic heterocycles. The van der Waals surface area contributed by atoms with Crippen LogP contribution in [0.3, 0.4) is 0 Å². The predicted octanol–water partition coefficient (Wildman–Crippen LogP) is 1.02. The summed E-state index contributed by atoms with van der Waals surface area (Å²) in [5.41, 5.74) is 6.40. The molecule has 0 aliphatic carbocycles. The summed E-state index contributed by atoms with van der Waals surface area (Å²) in [6, 6.07) is 4.69. The number of rotatable bonds is 2. The quantitative estimate of drug-likeness (QED) is 0.689. The molecule has 0 bridgehead atoms. The van der Waals surface area contributed by atoms with Gasteiger partial charge in [-0.05, 0) is 12.1 Å². The molecule has 1 aromatic rings. The van der Waals surface area contributed by atoms with Crippen LogP contribution in [-0.2, 0) is 6.54 Å². The van der Waals surface area contributed by atoms with E-state index in [2.05, 4.69) is 11.8 Å². The van der Waals surface area contributed by atoms with Crippen LogP contribution in [-0.4, -0.2) is 11.7 Å². The van der Waals surface area contributed by atoms with Gasteiger partial charge in [-0.2, -0.15) is 0 Å². The molecule has 2 nitrogen and oxygen atoms in total. The standard InChI is InChI=1S/C11H12FNO/c12-11-7-9(3-1-2-6-14)4-5-10(11)8-13/h4-5,7,14H,2,6,8,13H2. The fourth-order valence-corrected chi connectivity index (χ4v) is 1.01. The Morgan fingerprint density at radius 1 is 1.43 bits per heavy atom. The highest BCUT2D eigenvalue weighted by molar-refractivity contribution is 5.36. The summed E-state index contributed by atoms with van der Waals surface area (Å²) in [6.45, 7) is 0.215. The Hall–Kier alpha value is -1.37. The smallest absolute Gasteiger partial charge is 0.128 e. The number of aliphatic hydroxyl groups excluding tert-OH is 1. The molecule has 0 aliphatic heterocycles. The second-order valence-corrected chi connectivity index (χ2v) is 2.79. The van der Waals surface area contributed by atoms with Gasteiger partial charge < -0.3 is 10.8 Å². The van der Waals surface area contributed by atoms with Crippen molar-refractivity contribution in [3.05, 3.63) is 35.1 Å². The number of aliphatic hydroxyl groups is 1. The lowest BCUT2D eigenvalue weighted by Gasteiger charge is -1.98. The average Bonchev–Trinajstić information content (AvgIpc) is 2.18. The summed E-state index contributed by atoms with van der Waals surface area (Å²) in [7, 11) is 0. The van der Waals surface area contributed by atoms with Gasteiger partial charge in [0, 0.05) is 24.1 Å². The van der Waals surface area contributed by atoms with Gasteiger partial charge in [0.05, 0.1) is 6.61 Å². The van der Waals surface area contributed by atoms with Crippen LogP contribution < -0.4 is 5.73 Å². The van der Waals surface area contributed by atoms with Crippen LogP contribution >= 0.6 is 0 Å². The van der Waals surface area contributed by atoms with Crippen LogP contribution in [0, 0.1) is 17.7 Å². The molecule has 0 unspecified atom stereocenters. The van der Waals surface area contributed by atoms with Crippen LogP contribution in [0.1, 0.15) is 17.5 Å². The molecule has 3 N–H and O–H groups in total. The number of nitrogens with two attached hydrogens (primary N) is 1. The molecule has 0 saturated heterocycles. The number of benzene rings is 1. The molecule has 14 heavy (non-hydrogen) atoms. The fraction of sp³-hybridized carbons (Fsp3) is 0.273. The first-order chi connectivity index (χ1) is 6.77. The van der Waals surface area contributed by atoms with Crippen molar-refractivity contribution in [2.75, 3.05) is 6.61 Å². The lowest BCUT2D eigenvalue weighted by Crippen LogP contribution is -1.99. The zero-order chi connectivity index (χ0) is 10.4. The predicted molar refractivity (Wildman–Crippen MR) is 52.9 cm³/mol. The van der Waals surface area contributed by atoms with Crippen molar-refractivity contribution in [2.45, 2.75) is 13.0 Å². The van der Waals surface area contributed by atoms with E-state index in [-0.39, 0.29) is 19.0 Å². The van der Waals surface area contributed by atoms with Gasteiger partial charge >= 0.3 is 0 Å². The Morgan fingerprint density at radius 2 is 2.21 bits per heavy atom. The van der Waals surface area contributed by atoms with Crippen molar-refractivity contribution in [3.63, 3.8) is 0 Å². The van der Waals surface area contributed by atoms with Gasteiger partial charge in [-0.3, -0.25) is 0 Å². The zero-order valence-corrected chi connectivity index (χ0v) is 7.76. The molecule has 1 aromatic carbocycles. The van der Waals surface area contributed by atoms with Crippen LogP contribution in [0.5, 0.6) is 0 Å². The second-order valence-electron chi connectivity index (χ2n) is 2.79. The maximum absolute atomic E-state index is 13.2. The van der Waals surface area contributed by atoms with Gasteiger partial charge in [0.25, 0.3) is 0 Å². The molecule has 0 heterocycles. The van der Waals surface area contributed by atoms with Gasteiger partial charge in [0.15, 0.2) is 0 Å². The minimum Gasteiger partial charge on any atom is -0.395 e. The van der Waals surface area contributed by atoms with E-state index in [0.717, 1.165) is 0 Å². The van der Waals surface area contributed by atoms with Crippen molar-refractivity contribution in [3.8, 4) is 11.8 Å². The van der Waals surface area contributed by atoms with Crippen molar-refractivity contribution in [1.29, 1.82) is 0 Å². The van der Waals surface area contributed by atoms with E-state index in [4.69, 9.17) is 10.8 Å². The molecule has 0 spiro atoms. The summed E-state index contributed by atoms with van der Waals surface area (Å²) in [5, 5.41) is 8.49. The molecular formula is C11H12FNO. The van der Waals surface area contributed by atoms with Gasteiger partial charge in [-0.15, -0.1) is 0 Å². The molecule has 3 heteroatoms. The number of halogens is 1. The van der Waals surface area contributed by atoms with Gasteiger partial charge in [0.2, 0.25) is 0 Å².